The van der Waals surface area contributed by atoms with E-state index in [1.54, 1.807) is 0 Å². The Kier molecular flexibility index (Phi) is 4.32. The zero-order valence-electron chi connectivity index (χ0n) is 8.54. The quantitative estimate of drug-likeness (QED) is 0.662. The molecular weight excluding hydrogens is 265 g/mol. The van der Waals surface area contributed by atoms with Crippen molar-refractivity contribution < 1.29 is 22.0 Å². The molecule has 0 unspecified atom stereocenters. The number of hydrogen-bond acceptors (Lipinski definition) is 1. The Morgan fingerprint density at radius 3 is 2.24 bits per heavy atom. The van der Waals surface area contributed by atoms with Gasteiger partial charge in [-0.1, -0.05) is 11.6 Å². The summed E-state index contributed by atoms with van der Waals surface area (Å²) in [5, 5.41) is -0.440. The van der Waals surface area contributed by atoms with Gasteiger partial charge in [0.25, 0.3) is 0 Å². The Hall–Kier alpha value is -0.880. The third-order valence-corrected chi connectivity index (χ3v) is 2.53. The van der Waals surface area contributed by atoms with E-state index >= 15 is 0 Å². The monoisotopic (exact) mass is 273 g/mol. The van der Waals surface area contributed by atoms with Gasteiger partial charge in [-0.3, -0.25) is 0 Å². The third kappa shape index (κ3) is 3.07. The molecule has 1 nitrogen and oxygen atoms in total. The average molecular weight is 274 g/mol. The highest BCUT2D eigenvalue weighted by atomic mass is 35.5. The first-order valence-corrected chi connectivity index (χ1v) is 5.10. The van der Waals surface area contributed by atoms with Crippen LogP contribution in [0.2, 0.25) is 5.02 Å². The molecule has 0 saturated carbocycles. The van der Waals surface area contributed by atoms with Crippen LogP contribution in [0.4, 0.5) is 22.0 Å². The Bertz CT molecular complexity index is 416. The number of hydrogen-bond donors (Lipinski definition) is 1. The molecule has 17 heavy (non-hydrogen) atoms. The highest BCUT2D eigenvalue weighted by Gasteiger charge is 2.36. The zero-order valence-corrected chi connectivity index (χ0v) is 9.30. The van der Waals surface area contributed by atoms with Gasteiger partial charge >= 0.3 is 6.18 Å². The van der Waals surface area contributed by atoms with Gasteiger partial charge in [-0.05, 0) is 25.5 Å². The first-order valence-electron chi connectivity index (χ1n) is 4.72. The molecule has 1 aromatic carbocycles. The van der Waals surface area contributed by atoms with Crippen molar-refractivity contribution in [2.75, 3.05) is 6.54 Å². The molecule has 0 fully saturated rings. The minimum absolute atomic E-state index is 0.00375. The predicted molar refractivity (Wildman–Crippen MR) is 53.7 cm³/mol. The lowest BCUT2D eigenvalue weighted by Crippen LogP contribution is -2.12. The number of alkyl halides is 3. The first-order chi connectivity index (χ1) is 7.79. The maximum absolute atomic E-state index is 13.4. The van der Waals surface area contributed by atoms with Gasteiger partial charge in [-0.2, -0.15) is 13.2 Å². The van der Waals surface area contributed by atoms with E-state index in [-0.39, 0.29) is 18.5 Å². The van der Waals surface area contributed by atoms with Crippen molar-refractivity contribution in [3.05, 3.63) is 33.9 Å². The maximum Gasteiger partial charge on any atom is 0.419 e. The van der Waals surface area contributed by atoms with E-state index < -0.39 is 28.4 Å². The van der Waals surface area contributed by atoms with Crippen LogP contribution in [0.1, 0.15) is 17.5 Å². The molecule has 0 bridgehead atoms. The second-order valence-corrected chi connectivity index (χ2v) is 3.81. The van der Waals surface area contributed by atoms with Crippen molar-refractivity contribution in [1.29, 1.82) is 0 Å². The van der Waals surface area contributed by atoms with Crippen molar-refractivity contribution in [2.45, 2.75) is 19.0 Å². The van der Waals surface area contributed by atoms with Gasteiger partial charge in [0.2, 0.25) is 0 Å². The summed E-state index contributed by atoms with van der Waals surface area (Å²) >= 11 is 5.50. The lowest BCUT2D eigenvalue weighted by Gasteiger charge is -2.12. The molecule has 0 atom stereocenters. The highest BCUT2D eigenvalue weighted by molar-refractivity contribution is 6.31. The molecule has 0 aliphatic carbocycles. The summed E-state index contributed by atoms with van der Waals surface area (Å²) in [4.78, 5) is 0. The van der Waals surface area contributed by atoms with Gasteiger partial charge in [0, 0.05) is 10.6 Å². The van der Waals surface area contributed by atoms with E-state index in [2.05, 4.69) is 0 Å². The second kappa shape index (κ2) is 5.18. The summed E-state index contributed by atoms with van der Waals surface area (Å²) < 4.78 is 63.5. The fourth-order valence-electron chi connectivity index (χ4n) is 1.35. The van der Waals surface area contributed by atoms with Gasteiger partial charge in [0.1, 0.15) is 0 Å². The zero-order chi connectivity index (χ0) is 13.2. The molecule has 1 aromatic rings. The van der Waals surface area contributed by atoms with E-state index in [1.807, 2.05) is 0 Å². The molecule has 96 valence electrons. The van der Waals surface area contributed by atoms with E-state index in [4.69, 9.17) is 17.3 Å². The molecule has 7 heteroatoms. The normalized spacial score (nSPS) is 11.9. The van der Waals surface area contributed by atoms with E-state index in [9.17, 15) is 22.0 Å². The molecule has 0 aliphatic heterocycles. The van der Waals surface area contributed by atoms with Crippen molar-refractivity contribution in [2.24, 2.45) is 5.73 Å². The van der Waals surface area contributed by atoms with Crippen molar-refractivity contribution >= 4 is 11.6 Å². The number of halogens is 6. The molecule has 0 spiro atoms. The molecule has 1 rings (SSSR count). The first kappa shape index (κ1) is 14.2. The predicted octanol–water partition coefficient (Wildman–Crippen LogP) is 3.53. The minimum atomic E-state index is -4.97. The fourth-order valence-corrected chi connectivity index (χ4v) is 1.63. The van der Waals surface area contributed by atoms with Gasteiger partial charge in [-0.25, -0.2) is 8.78 Å². The standard InChI is InChI=1S/C10H9ClF5N/c11-7-4-6(10(14,15)16)9(13)8(12)5(7)2-1-3-17/h4H,1-3,17H2. The lowest BCUT2D eigenvalue weighted by molar-refractivity contribution is -0.140. The van der Waals surface area contributed by atoms with Crippen LogP contribution in [0.5, 0.6) is 0 Å². The van der Waals surface area contributed by atoms with Gasteiger partial charge < -0.3 is 5.73 Å². The molecule has 2 N–H and O–H groups in total. The van der Waals surface area contributed by atoms with E-state index in [0.717, 1.165) is 0 Å². The number of benzene rings is 1. The van der Waals surface area contributed by atoms with Crippen LogP contribution in [0, 0.1) is 11.6 Å². The summed E-state index contributed by atoms with van der Waals surface area (Å²) in [7, 11) is 0. The van der Waals surface area contributed by atoms with Gasteiger partial charge in [0.05, 0.1) is 5.56 Å². The molecule has 0 aliphatic rings. The van der Waals surface area contributed by atoms with Crippen LogP contribution in [0.25, 0.3) is 0 Å². The van der Waals surface area contributed by atoms with Crippen LogP contribution in [0.15, 0.2) is 6.07 Å². The minimum Gasteiger partial charge on any atom is -0.330 e. The van der Waals surface area contributed by atoms with Crippen molar-refractivity contribution in [1.82, 2.24) is 0 Å². The van der Waals surface area contributed by atoms with E-state index in [0.29, 0.717) is 12.5 Å². The van der Waals surface area contributed by atoms with Crippen LogP contribution in [0.3, 0.4) is 0 Å². The number of nitrogens with two attached hydrogens (primary N) is 1. The largest absolute Gasteiger partial charge is 0.419 e. The van der Waals surface area contributed by atoms with Crippen LogP contribution in [-0.2, 0) is 12.6 Å². The Morgan fingerprint density at radius 2 is 1.76 bits per heavy atom. The molecular formula is C10H9ClF5N. The summed E-state index contributed by atoms with van der Waals surface area (Å²) in [5.74, 6) is -3.48. The lowest BCUT2D eigenvalue weighted by atomic mass is 10.1. The summed E-state index contributed by atoms with van der Waals surface area (Å²) in [6, 6.07) is 0.395. The molecule has 0 radical (unpaired) electrons. The SMILES string of the molecule is NCCCc1c(Cl)cc(C(F)(F)F)c(F)c1F. The molecule has 0 amide bonds. The highest BCUT2D eigenvalue weighted by Crippen LogP contribution is 2.36. The van der Waals surface area contributed by atoms with Gasteiger partial charge in [0.15, 0.2) is 11.6 Å². The van der Waals surface area contributed by atoms with Crippen LogP contribution < -0.4 is 5.73 Å². The van der Waals surface area contributed by atoms with Crippen LogP contribution >= 0.6 is 11.6 Å². The van der Waals surface area contributed by atoms with E-state index in [1.165, 1.54) is 0 Å². The van der Waals surface area contributed by atoms with Gasteiger partial charge in [-0.15, -0.1) is 0 Å². The summed E-state index contributed by atoms with van der Waals surface area (Å²) in [6.07, 6.45) is -4.67. The summed E-state index contributed by atoms with van der Waals surface area (Å²) in [6.45, 7) is 0.207. The Morgan fingerprint density at radius 1 is 1.18 bits per heavy atom. The van der Waals surface area contributed by atoms with Crippen LogP contribution in [-0.4, -0.2) is 6.54 Å². The fraction of sp³-hybridized carbons (Fsp3) is 0.400. The maximum atomic E-state index is 13.4. The third-order valence-electron chi connectivity index (χ3n) is 2.19. The Labute approximate surface area is 99.4 Å². The smallest absolute Gasteiger partial charge is 0.330 e. The Balaban J connectivity index is 3.27. The van der Waals surface area contributed by atoms with Crippen molar-refractivity contribution in [3.63, 3.8) is 0 Å². The topological polar surface area (TPSA) is 26.0 Å². The number of rotatable bonds is 3. The molecule has 0 aromatic heterocycles. The second-order valence-electron chi connectivity index (χ2n) is 3.40. The van der Waals surface area contributed by atoms with Crippen molar-refractivity contribution in [3.8, 4) is 0 Å². The molecule has 0 heterocycles. The average Bonchev–Trinajstić information content (AvgIpc) is 2.22. The summed E-state index contributed by atoms with van der Waals surface area (Å²) in [5.41, 5.74) is 3.20. The molecule has 0 saturated heterocycles.